The van der Waals surface area contributed by atoms with Crippen molar-refractivity contribution in [3.8, 4) is 0 Å². The van der Waals surface area contributed by atoms with Crippen LogP contribution in [0.1, 0.15) is 24.3 Å². The second kappa shape index (κ2) is 8.13. The van der Waals surface area contributed by atoms with Crippen LogP contribution in [0.4, 0.5) is 13.2 Å². The highest BCUT2D eigenvalue weighted by Crippen LogP contribution is 2.33. The minimum Gasteiger partial charge on any atom is -0.378 e. The molecule has 0 radical (unpaired) electrons. The van der Waals surface area contributed by atoms with Crippen molar-refractivity contribution >= 4 is 16.8 Å². The van der Waals surface area contributed by atoms with Gasteiger partial charge in [0.1, 0.15) is 11.9 Å². The zero-order valence-electron chi connectivity index (χ0n) is 15.5. The number of nitrogens with one attached hydrogen (secondary N) is 1. The average Bonchev–Trinajstić information content (AvgIpc) is 3.10. The van der Waals surface area contributed by atoms with Gasteiger partial charge in [0.15, 0.2) is 0 Å². The zero-order chi connectivity index (χ0) is 19.7. The summed E-state index contributed by atoms with van der Waals surface area (Å²) in [6, 6.07) is 4.10. The molecule has 4 rings (SSSR count). The van der Waals surface area contributed by atoms with E-state index in [1.165, 1.54) is 17.0 Å². The average molecular weight is 395 g/mol. The van der Waals surface area contributed by atoms with E-state index < -0.39 is 19.0 Å². The van der Waals surface area contributed by atoms with E-state index in [2.05, 4.69) is 4.98 Å². The molecule has 0 spiro atoms. The van der Waals surface area contributed by atoms with E-state index in [-0.39, 0.29) is 24.2 Å². The van der Waals surface area contributed by atoms with Crippen LogP contribution in [0.3, 0.4) is 0 Å². The van der Waals surface area contributed by atoms with Gasteiger partial charge in [0.2, 0.25) is 5.91 Å². The number of likely N-dealkylation sites (tertiary alicyclic amines) is 1. The summed E-state index contributed by atoms with van der Waals surface area (Å²) >= 11 is 0. The van der Waals surface area contributed by atoms with Crippen molar-refractivity contribution in [2.24, 2.45) is 0 Å². The summed E-state index contributed by atoms with van der Waals surface area (Å²) in [6.07, 6.45) is 1.04. The number of H-pyrrole nitrogens is 1. The van der Waals surface area contributed by atoms with Crippen LogP contribution in [-0.2, 0) is 9.53 Å². The van der Waals surface area contributed by atoms with Gasteiger partial charge in [-0.15, -0.1) is 0 Å². The molecule has 0 saturated carbocycles. The molecule has 1 atom stereocenters. The molecule has 3 heterocycles. The van der Waals surface area contributed by atoms with Crippen LogP contribution in [0, 0.1) is 5.82 Å². The Morgan fingerprint density at radius 2 is 2.04 bits per heavy atom. The number of piperidine rings is 1. The van der Waals surface area contributed by atoms with Crippen LogP contribution in [0.5, 0.6) is 0 Å². The van der Waals surface area contributed by atoms with Gasteiger partial charge in [-0.25, -0.2) is 13.2 Å². The van der Waals surface area contributed by atoms with Crippen LogP contribution >= 0.6 is 0 Å². The quantitative estimate of drug-likeness (QED) is 0.866. The van der Waals surface area contributed by atoms with Gasteiger partial charge in [0, 0.05) is 36.7 Å². The molecule has 2 fully saturated rings. The highest BCUT2D eigenvalue weighted by atomic mass is 19.3. The molecule has 2 aliphatic rings. The summed E-state index contributed by atoms with van der Waals surface area (Å²) in [6.45, 7) is 1.65. The Morgan fingerprint density at radius 3 is 2.79 bits per heavy atom. The van der Waals surface area contributed by atoms with Crippen molar-refractivity contribution in [2.75, 3.05) is 39.4 Å². The molecule has 0 unspecified atom stereocenters. The van der Waals surface area contributed by atoms with E-state index in [4.69, 9.17) is 4.74 Å². The lowest BCUT2D eigenvalue weighted by Gasteiger charge is -2.39. The first kappa shape index (κ1) is 19.3. The molecule has 1 aromatic carbocycles. The second-order valence-corrected chi connectivity index (χ2v) is 7.51. The maximum atomic E-state index is 13.4. The van der Waals surface area contributed by atoms with Gasteiger partial charge in [-0.1, -0.05) is 0 Å². The van der Waals surface area contributed by atoms with Gasteiger partial charge >= 0.3 is 0 Å². The van der Waals surface area contributed by atoms with Crippen LogP contribution in [-0.4, -0.2) is 72.6 Å². The van der Waals surface area contributed by atoms with Gasteiger partial charge in [-0.3, -0.25) is 9.69 Å². The van der Waals surface area contributed by atoms with Crippen molar-refractivity contribution < 1.29 is 22.7 Å². The summed E-state index contributed by atoms with van der Waals surface area (Å²) in [5.74, 6) is -0.118. The number of alkyl halides is 2. The lowest BCUT2D eigenvalue weighted by atomic mass is 9.89. The number of carbonyl (C=O) groups is 1. The number of benzene rings is 1. The predicted octanol–water partition coefficient (Wildman–Crippen LogP) is 2.98. The topological polar surface area (TPSA) is 48.6 Å². The van der Waals surface area contributed by atoms with Crippen molar-refractivity contribution in [2.45, 2.75) is 31.2 Å². The van der Waals surface area contributed by atoms with Crippen LogP contribution in [0.15, 0.2) is 24.4 Å². The van der Waals surface area contributed by atoms with Gasteiger partial charge in [0.05, 0.1) is 19.8 Å². The molecular formula is C20H24F3N3O2. The molecule has 2 aromatic rings. The number of halogens is 3. The monoisotopic (exact) mass is 395 g/mol. The molecule has 1 N–H and O–H groups in total. The molecule has 28 heavy (non-hydrogen) atoms. The smallest absolute Gasteiger partial charge is 0.251 e. The number of ether oxygens (including phenoxy) is 1. The predicted molar refractivity (Wildman–Crippen MR) is 99.0 cm³/mol. The molecular weight excluding hydrogens is 371 g/mol. The number of amides is 1. The third-order valence-corrected chi connectivity index (χ3v) is 5.82. The van der Waals surface area contributed by atoms with Gasteiger partial charge in [-0.05, 0) is 42.5 Å². The summed E-state index contributed by atoms with van der Waals surface area (Å²) in [4.78, 5) is 19.3. The number of nitrogens with zero attached hydrogens (tertiary/aromatic N) is 2. The fourth-order valence-electron chi connectivity index (χ4n) is 4.34. The number of fused-ring (bicyclic) bond motifs is 1. The van der Waals surface area contributed by atoms with E-state index in [1.54, 1.807) is 11.0 Å². The molecule has 1 amide bonds. The maximum absolute atomic E-state index is 13.4. The Bertz CT molecular complexity index is 833. The number of carbonyl (C=O) groups excluding carboxylic acids is 1. The largest absolute Gasteiger partial charge is 0.378 e. The van der Waals surface area contributed by atoms with E-state index in [0.717, 1.165) is 29.3 Å². The minimum atomic E-state index is -2.47. The second-order valence-electron chi connectivity index (χ2n) is 7.51. The first-order chi connectivity index (χ1) is 13.5. The highest BCUT2D eigenvalue weighted by molar-refractivity contribution is 5.84. The molecule has 0 bridgehead atoms. The molecule has 152 valence electrons. The first-order valence-corrected chi connectivity index (χ1v) is 9.68. The number of hydrogen-bond acceptors (Lipinski definition) is 3. The fraction of sp³-hybridized carbons (Fsp3) is 0.550. The van der Waals surface area contributed by atoms with Gasteiger partial charge < -0.3 is 14.6 Å². The van der Waals surface area contributed by atoms with Crippen molar-refractivity contribution in [1.82, 2.24) is 14.8 Å². The third kappa shape index (κ3) is 3.89. The standard InChI is InChI=1S/C20H24F3N3O2/c21-14-1-2-15-16(10-24-17(15)9-14)13-3-5-25(6-4-13)20(27)18-12-28-8-7-26(18)11-19(22)23/h1-2,9-10,13,18-19,24H,3-8,11-12H2/t18-/m0/s1. The molecule has 2 saturated heterocycles. The van der Waals surface area contributed by atoms with Crippen LogP contribution < -0.4 is 0 Å². The molecule has 8 heteroatoms. The Hall–Kier alpha value is -2.06. The minimum absolute atomic E-state index is 0.125. The van der Waals surface area contributed by atoms with Gasteiger partial charge in [-0.2, -0.15) is 0 Å². The number of morpholine rings is 1. The summed E-state index contributed by atoms with van der Waals surface area (Å²) in [5, 5.41) is 1.01. The number of aromatic amines is 1. The maximum Gasteiger partial charge on any atom is 0.251 e. The zero-order valence-corrected chi connectivity index (χ0v) is 15.5. The first-order valence-electron chi connectivity index (χ1n) is 9.68. The van der Waals surface area contributed by atoms with E-state index in [9.17, 15) is 18.0 Å². The van der Waals surface area contributed by atoms with Crippen molar-refractivity contribution in [3.05, 3.63) is 35.8 Å². The van der Waals surface area contributed by atoms with E-state index in [0.29, 0.717) is 26.2 Å². The van der Waals surface area contributed by atoms with E-state index in [1.807, 2.05) is 6.20 Å². The summed E-state index contributed by atoms with van der Waals surface area (Å²) in [7, 11) is 0. The van der Waals surface area contributed by atoms with Crippen LogP contribution in [0.25, 0.3) is 10.9 Å². The SMILES string of the molecule is O=C([C@@H]1COCCN1CC(F)F)N1CCC(c2c[nH]c3cc(F)ccc23)CC1. The number of aromatic nitrogens is 1. The molecule has 5 nitrogen and oxygen atoms in total. The lowest BCUT2D eigenvalue weighted by molar-refractivity contribution is -0.145. The van der Waals surface area contributed by atoms with Crippen LogP contribution in [0.2, 0.25) is 0 Å². The fourth-order valence-corrected chi connectivity index (χ4v) is 4.34. The van der Waals surface area contributed by atoms with Crippen molar-refractivity contribution in [1.29, 1.82) is 0 Å². The molecule has 0 aliphatic carbocycles. The Balaban J connectivity index is 1.41. The third-order valence-electron chi connectivity index (χ3n) is 5.82. The summed E-state index contributed by atoms with van der Waals surface area (Å²) in [5.41, 5.74) is 1.91. The Labute approximate surface area is 161 Å². The van der Waals surface area contributed by atoms with Crippen molar-refractivity contribution in [3.63, 3.8) is 0 Å². The lowest BCUT2D eigenvalue weighted by Crippen LogP contribution is -2.56. The Kier molecular flexibility index (Phi) is 5.59. The number of rotatable bonds is 4. The van der Waals surface area contributed by atoms with Gasteiger partial charge in [0.25, 0.3) is 6.43 Å². The molecule has 1 aromatic heterocycles. The highest BCUT2D eigenvalue weighted by Gasteiger charge is 2.35. The molecule has 2 aliphatic heterocycles. The number of hydrogen-bond donors (Lipinski definition) is 1. The normalized spacial score (nSPS) is 22.3. The Morgan fingerprint density at radius 1 is 1.25 bits per heavy atom. The van der Waals surface area contributed by atoms with E-state index >= 15 is 0 Å². The summed E-state index contributed by atoms with van der Waals surface area (Å²) < 4.78 is 44.4.